The first-order valence-electron chi connectivity index (χ1n) is 7.33. The molecular formula is C18H24O2. The van der Waals surface area contributed by atoms with Crippen molar-refractivity contribution >= 4 is 5.97 Å². The molecular weight excluding hydrogens is 248 g/mol. The lowest BCUT2D eigenvalue weighted by Crippen LogP contribution is -2.35. The largest absolute Gasteiger partial charge is 0.466 e. The Hall–Kier alpha value is -1.75. The molecule has 0 N–H and O–H groups in total. The average Bonchev–Trinajstić information content (AvgIpc) is 2.46. The molecule has 0 aromatic heterocycles. The van der Waals surface area contributed by atoms with Gasteiger partial charge in [-0.15, -0.1) is 12.3 Å². The number of hydrogen-bond donors (Lipinski definition) is 0. The number of rotatable bonds is 8. The van der Waals surface area contributed by atoms with Gasteiger partial charge in [0.1, 0.15) is 0 Å². The SMILES string of the molecule is C#CCC(CCCC)(Cc1ccccc1)C(=O)OCC. The van der Waals surface area contributed by atoms with E-state index in [1.54, 1.807) is 0 Å². The van der Waals surface area contributed by atoms with Crippen molar-refractivity contribution in [3.8, 4) is 12.3 Å². The van der Waals surface area contributed by atoms with Gasteiger partial charge in [-0.2, -0.15) is 0 Å². The molecule has 108 valence electrons. The second-order valence-corrected chi connectivity index (χ2v) is 5.15. The standard InChI is InChI=1S/C18H24O2/c1-4-7-14-18(13-5-2,17(19)20-6-3)15-16-11-9-8-10-12-16/h2,8-12H,4,6-7,13-15H2,1,3H3. The summed E-state index contributed by atoms with van der Waals surface area (Å²) in [6.45, 7) is 4.35. The molecule has 0 bridgehead atoms. The van der Waals surface area contributed by atoms with Gasteiger partial charge in [0, 0.05) is 6.42 Å². The summed E-state index contributed by atoms with van der Waals surface area (Å²) in [6, 6.07) is 10.0. The smallest absolute Gasteiger partial charge is 0.313 e. The molecule has 0 saturated carbocycles. The molecule has 0 aliphatic carbocycles. The maximum atomic E-state index is 12.4. The van der Waals surface area contributed by atoms with E-state index < -0.39 is 5.41 Å². The van der Waals surface area contributed by atoms with Crippen molar-refractivity contribution in [2.75, 3.05) is 6.61 Å². The second-order valence-electron chi connectivity index (χ2n) is 5.15. The van der Waals surface area contributed by atoms with E-state index >= 15 is 0 Å². The molecule has 1 aromatic carbocycles. The third-order valence-corrected chi connectivity index (χ3v) is 3.54. The Kier molecular flexibility index (Phi) is 6.87. The summed E-state index contributed by atoms with van der Waals surface area (Å²) in [5, 5.41) is 0. The molecule has 2 nitrogen and oxygen atoms in total. The summed E-state index contributed by atoms with van der Waals surface area (Å²) >= 11 is 0. The Bertz CT molecular complexity index is 444. The minimum atomic E-state index is -0.581. The number of unbranched alkanes of at least 4 members (excludes halogenated alkanes) is 1. The first-order valence-corrected chi connectivity index (χ1v) is 7.33. The van der Waals surface area contributed by atoms with Gasteiger partial charge in [-0.05, 0) is 25.3 Å². The van der Waals surface area contributed by atoms with Gasteiger partial charge in [0.05, 0.1) is 12.0 Å². The Labute approximate surface area is 122 Å². The van der Waals surface area contributed by atoms with Crippen molar-refractivity contribution in [2.45, 2.75) is 46.0 Å². The Morgan fingerprint density at radius 3 is 2.55 bits per heavy atom. The zero-order chi connectivity index (χ0) is 14.8. The Balaban J connectivity index is 3.01. The number of carbonyl (C=O) groups is 1. The minimum Gasteiger partial charge on any atom is -0.466 e. The van der Waals surface area contributed by atoms with Crippen LogP contribution in [-0.4, -0.2) is 12.6 Å². The van der Waals surface area contributed by atoms with Crippen LogP contribution in [0.2, 0.25) is 0 Å². The van der Waals surface area contributed by atoms with Crippen molar-refractivity contribution in [3.63, 3.8) is 0 Å². The molecule has 0 aliphatic heterocycles. The van der Waals surface area contributed by atoms with Crippen LogP contribution in [0.5, 0.6) is 0 Å². The van der Waals surface area contributed by atoms with Crippen LogP contribution < -0.4 is 0 Å². The van der Waals surface area contributed by atoms with Crippen molar-refractivity contribution in [2.24, 2.45) is 5.41 Å². The fraction of sp³-hybridized carbons (Fsp3) is 0.500. The van der Waals surface area contributed by atoms with Crippen molar-refractivity contribution in [1.29, 1.82) is 0 Å². The van der Waals surface area contributed by atoms with Gasteiger partial charge in [0.25, 0.3) is 0 Å². The number of hydrogen-bond acceptors (Lipinski definition) is 2. The zero-order valence-electron chi connectivity index (χ0n) is 12.5. The summed E-state index contributed by atoms with van der Waals surface area (Å²) in [6.07, 6.45) is 9.40. The summed E-state index contributed by atoms with van der Waals surface area (Å²) < 4.78 is 5.29. The van der Waals surface area contributed by atoms with Gasteiger partial charge >= 0.3 is 5.97 Å². The number of ether oxygens (including phenoxy) is 1. The number of terminal acetylenes is 1. The van der Waals surface area contributed by atoms with Gasteiger partial charge < -0.3 is 4.74 Å². The highest BCUT2D eigenvalue weighted by Gasteiger charge is 2.38. The van der Waals surface area contributed by atoms with E-state index in [1.807, 2.05) is 37.3 Å². The average molecular weight is 272 g/mol. The van der Waals surface area contributed by atoms with Crippen LogP contribution in [0.3, 0.4) is 0 Å². The van der Waals surface area contributed by atoms with Crippen molar-refractivity contribution in [3.05, 3.63) is 35.9 Å². The quantitative estimate of drug-likeness (QED) is 0.528. The topological polar surface area (TPSA) is 26.3 Å². The van der Waals surface area contributed by atoms with Crippen molar-refractivity contribution < 1.29 is 9.53 Å². The Morgan fingerprint density at radius 2 is 2.00 bits per heavy atom. The van der Waals surface area contributed by atoms with Crippen LogP contribution in [0.25, 0.3) is 0 Å². The van der Waals surface area contributed by atoms with Gasteiger partial charge in [0.2, 0.25) is 0 Å². The molecule has 0 amide bonds. The van der Waals surface area contributed by atoms with E-state index in [9.17, 15) is 4.79 Å². The summed E-state index contributed by atoms with van der Waals surface area (Å²) in [5.41, 5.74) is 0.550. The van der Waals surface area contributed by atoms with Crippen LogP contribution >= 0.6 is 0 Å². The number of benzene rings is 1. The van der Waals surface area contributed by atoms with E-state index in [0.717, 1.165) is 24.8 Å². The molecule has 20 heavy (non-hydrogen) atoms. The van der Waals surface area contributed by atoms with E-state index in [2.05, 4.69) is 12.8 Å². The first-order chi connectivity index (χ1) is 9.68. The first kappa shape index (κ1) is 16.3. The molecule has 0 heterocycles. The van der Waals surface area contributed by atoms with Crippen LogP contribution in [-0.2, 0) is 16.0 Å². The van der Waals surface area contributed by atoms with Crippen LogP contribution in [0, 0.1) is 17.8 Å². The predicted octanol–water partition coefficient (Wildman–Crippen LogP) is 3.99. The van der Waals surface area contributed by atoms with Gasteiger partial charge in [0.15, 0.2) is 0 Å². The van der Waals surface area contributed by atoms with Crippen LogP contribution in [0.1, 0.15) is 45.1 Å². The predicted molar refractivity (Wildman–Crippen MR) is 82.2 cm³/mol. The second kappa shape index (κ2) is 8.43. The number of esters is 1. The van der Waals surface area contributed by atoms with E-state index in [0.29, 0.717) is 19.4 Å². The van der Waals surface area contributed by atoms with Gasteiger partial charge in [-0.3, -0.25) is 4.79 Å². The summed E-state index contributed by atoms with van der Waals surface area (Å²) in [7, 11) is 0. The summed E-state index contributed by atoms with van der Waals surface area (Å²) in [5.74, 6) is 2.52. The Morgan fingerprint density at radius 1 is 1.30 bits per heavy atom. The highest BCUT2D eigenvalue weighted by atomic mass is 16.5. The molecule has 0 saturated heterocycles. The highest BCUT2D eigenvalue weighted by Crippen LogP contribution is 2.34. The normalized spacial score (nSPS) is 13.2. The number of carbonyl (C=O) groups excluding carboxylic acids is 1. The molecule has 0 spiro atoms. The van der Waals surface area contributed by atoms with E-state index in [-0.39, 0.29) is 5.97 Å². The third kappa shape index (κ3) is 4.42. The maximum absolute atomic E-state index is 12.4. The fourth-order valence-electron chi connectivity index (χ4n) is 2.47. The fourth-order valence-corrected chi connectivity index (χ4v) is 2.47. The summed E-state index contributed by atoms with van der Waals surface area (Å²) in [4.78, 5) is 12.4. The molecule has 1 rings (SSSR count). The lowest BCUT2D eigenvalue weighted by molar-refractivity contribution is -0.155. The van der Waals surface area contributed by atoms with E-state index in [1.165, 1.54) is 0 Å². The minimum absolute atomic E-state index is 0.157. The van der Waals surface area contributed by atoms with Gasteiger partial charge in [-0.25, -0.2) is 0 Å². The molecule has 1 aromatic rings. The van der Waals surface area contributed by atoms with Gasteiger partial charge in [-0.1, -0.05) is 50.1 Å². The van der Waals surface area contributed by atoms with Crippen LogP contribution in [0.15, 0.2) is 30.3 Å². The van der Waals surface area contributed by atoms with Crippen molar-refractivity contribution in [1.82, 2.24) is 0 Å². The maximum Gasteiger partial charge on any atom is 0.313 e. The lowest BCUT2D eigenvalue weighted by atomic mass is 9.75. The highest BCUT2D eigenvalue weighted by molar-refractivity contribution is 5.77. The van der Waals surface area contributed by atoms with E-state index in [4.69, 9.17) is 11.2 Å². The lowest BCUT2D eigenvalue weighted by Gasteiger charge is -2.30. The third-order valence-electron chi connectivity index (χ3n) is 3.54. The molecule has 0 fully saturated rings. The molecule has 0 radical (unpaired) electrons. The monoisotopic (exact) mass is 272 g/mol. The van der Waals surface area contributed by atoms with Crippen LogP contribution in [0.4, 0.5) is 0 Å². The zero-order valence-corrected chi connectivity index (χ0v) is 12.5. The molecule has 0 aliphatic rings. The molecule has 1 atom stereocenters. The molecule has 2 heteroatoms. The molecule has 1 unspecified atom stereocenters.